The van der Waals surface area contributed by atoms with Crippen molar-refractivity contribution in [2.24, 2.45) is 11.8 Å². The third kappa shape index (κ3) is 3.23. The number of hydrogen-bond acceptors (Lipinski definition) is 6. The minimum Gasteiger partial charge on any atom is -0.465 e. The number of thiophene rings is 1. The van der Waals surface area contributed by atoms with Crippen molar-refractivity contribution >= 4 is 27.5 Å². The molecule has 0 bridgehead atoms. The minimum atomic E-state index is -0.421. The summed E-state index contributed by atoms with van der Waals surface area (Å²) in [5.41, 5.74) is 0.458. The van der Waals surface area contributed by atoms with Crippen LogP contribution in [0.4, 0.5) is 0 Å². The Bertz CT molecular complexity index is 816. The van der Waals surface area contributed by atoms with Crippen LogP contribution >= 0.6 is 11.3 Å². The van der Waals surface area contributed by atoms with Crippen LogP contribution in [0, 0.1) is 18.8 Å². The Morgan fingerprint density at radius 2 is 2.04 bits per heavy atom. The third-order valence-electron chi connectivity index (χ3n) is 4.54. The molecule has 130 valence electrons. The number of ether oxygens (including phenoxy) is 1. The molecule has 1 saturated heterocycles. The Morgan fingerprint density at radius 3 is 2.67 bits per heavy atom. The molecule has 0 saturated carbocycles. The van der Waals surface area contributed by atoms with Crippen LogP contribution in [0.5, 0.6) is 0 Å². The summed E-state index contributed by atoms with van der Waals surface area (Å²) in [6, 6.07) is 0. The summed E-state index contributed by atoms with van der Waals surface area (Å²) >= 11 is 1.22. The number of fused-ring (bicyclic) bond motifs is 1. The van der Waals surface area contributed by atoms with E-state index in [0.717, 1.165) is 13.1 Å². The van der Waals surface area contributed by atoms with Gasteiger partial charge in [0, 0.05) is 13.1 Å². The van der Waals surface area contributed by atoms with Gasteiger partial charge in [-0.15, -0.1) is 11.3 Å². The van der Waals surface area contributed by atoms with Crippen LogP contribution in [0.25, 0.3) is 10.2 Å². The maximum atomic E-state index is 12.5. The number of nitrogens with one attached hydrogen (secondary N) is 1. The van der Waals surface area contributed by atoms with Gasteiger partial charge in [0.2, 0.25) is 0 Å². The number of piperidine rings is 1. The summed E-state index contributed by atoms with van der Waals surface area (Å²) in [5, 5.41) is 0.490. The SMILES string of the molecule is COC(=O)c1sc2nc(CN3C[C@H](C)C[C@@H](C)C3)[nH]c(=O)c2c1C. The molecule has 0 unspecified atom stereocenters. The maximum Gasteiger partial charge on any atom is 0.348 e. The fourth-order valence-electron chi connectivity index (χ4n) is 3.68. The molecule has 3 rings (SSSR count). The van der Waals surface area contributed by atoms with Crippen LogP contribution in [0.1, 0.15) is 41.3 Å². The normalized spacial score (nSPS) is 22.0. The lowest BCUT2D eigenvalue weighted by atomic mass is 9.92. The lowest BCUT2D eigenvalue weighted by molar-refractivity contribution is 0.0605. The van der Waals surface area contributed by atoms with E-state index in [1.807, 2.05) is 0 Å². The molecule has 0 aliphatic carbocycles. The highest BCUT2D eigenvalue weighted by Crippen LogP contribution is 2.28. The molecule has 7 heteroatoms. The van der Waals surface area contributed by atoms with Crippen molar-refractivity contribution < 1.29 is 9.53 Å². The van der Waals surface area contributed by atoms with Crippen LogP contribution in [0.2, 0.25) is 0 Å². The fourth-order valence-corrected chi connectivity index (χ4v) is 4.80. The zero-order valence-corrected chi connectivity index (χ0v) is 15.3. The molecule has 0 radical (unpaired) electrons. The predicted molar refractivity (Wildman–Crippen MR) is 94.5 cm³/mol. The third-order valence-corrected chi connectivity index (χ3v) is 5.70. The topological polar surface area (TPSA) is 75.3 Å². The first-order valence-electron chi connectivity index (χ1n) is 8.22. The van der Waals surface area contributed by atoms with Gasteiger partial charge in [-0.3, -0.25) is 9.69 Å². The Morgan fingerprint density at radius 1 is 1.38 bits per heavy atom. The van der Waals surface area contributed by atoms with Crippen molar-refractivity contribution in [3.05, 3.63) is 26.6 Å². The van der Waals surface area contributed by atoms with Crippen LogP contribution in [-0.2, 0) is 11.3 Å². The molecule has 3 heterocycles. The highest BCUT2D eigenvalue weighted by atomic mass is 32.1. The number of carbonyl (C=O) groups excluding carboxylic acids is 1. The van der Waals surface area contributed by atoms with Gasteiger partial charge in [-0.25, -0.2) is 9.78 Å². The molecule has 1 aliphatic rings. The Hall–Kier alpha value is -1.73. The Kier molecular flexibility index (Phi) is 4.73. The Labute approximate surface area is 144 Å². The van der Waals surface area contributed by atoms with Gasteiger partial charge in [-0.1, -0.05) is 13.8 Å². The molecular formula is C17H23N3O3S. The maximum absolute atomic E-state index is 12.5. The summed E-state index contributed by atoms with van der Waals surface area (Å²) in [6.45, 7) is 8.94. The summed E-state index contributed by atoms with van der Waals surface area (Å²) in [5.74, 6) is 1.54. The first-order valence-corrected chi connectivity index (χ1v) is 9.03. The second kappa shape index (κ2) is 6.64. The number of rotatable bonds is 3. The molecule has 2 aromatic rings. The zero-order valence-electron chi connectivity index (χ0n) is 14.5. The number of likely N-dealkylation sites (tertiary alicyclic amines) is 1. The molecule has 2 atom stereocenters. The van der Waals surface area contributed by atoms with E-state index in [9.17, 15) is 9.59 Å². The number of aromatic nitrogens is 2. The van der Waals surface area contributed by atoms with Gasteiger partial charge in [0.25, 0.3) is 5.56 Å². The molecule has 1 N–H and O–H groups in total. The second-order valence-corrected chi connectivity index (χ2v) is 7.88. The number of methoxy groups -OCH3 is 1. The lowest BCUT2D eigenvalue weighted by Crippen LogP contribution is -2.38. The van der Waals surface area contributed by atoms with Gasteiger partial charge in [-0.05, 0) is 30.7 Å². The number of hydrogen-bond donors (Lipinski definition) is 1. The van der Waals surface area contributed by atoms with E-state index in [2.05, 4.69) is 28.7 Å². The van der Waals surface area contributed by atoms with Crippen LogP contribution in [-0.4, -0.2) is 41.0 Å². The number of esters is 1. The standard InChI is InChI=1S/C17H23N3O3S/c1-9-5-10(2)7-20(6-9)8-12-18-15(21)13-11(3)14(17(22)23-4)24-16(13)19-12/h9-10H,5-8H2,1-4H3,(H,18,19,21)/t9-,10-/m1/s1. The number of nitrogens with zero attached hydrogens (tertiary/aromatic N) is 2. The van der Waals surface area contributed by atoms with Crippen LogP contribution in [0.15, 0.2) is 4.79 Å². The van der Waals surface area contributed by atoms with Crippen molar-refractivity contribution in [3.63, 3.8) is 0 Å². The highest BCUT2D eigenvalue weighted by Gasteiger charge is 2.24. The monoisotopic (exact) mass is 349 g/mol. The van der Waals surface area contributed by atoms with Crippen LogP contribution < -0.4 is 5.56 Å². The van der Waals surface area contributed by atoms with E-state index >= 15 is 0 Å². The Balaban J connectivity index is 1.93. The average molecular weight is 349 g/mol. The molecule has 2 aromatic heterocycles. The zero-order chi connectivity index (χ0) is 17.4. The van der Waals surface area contributed by atoms with Gasteiger partial charge in [0.1, 0.15) is 15.5 Å². The number of aromatic amines is 1. The molecule has 1 aliphatic heterocycles. The fraction of sp³-hybridized carbons (Fsp3) is 0.588. The number of aryl methyl sites for hydroxylation is 1. The molecular weight excluding hydrogens is 326 g/mol. The van der Waals surface area contributed by atoms with Gasteiger partial charge in [-0.2, -0.15) is 0 Å². The average Bonchev–Trinajstić information content (AvgIpc) is 2.82. The summed E-state index contributed by atoms with van der Waals surface area (Å²) in [6.07, 6.45) is 1.24. The summed E-state index contributed by atoms with van der Waals surface area (Å²) < 4.78 is 4.79. The van der Waals surface area contributed by atoms with E-state index in [4.69, 9.17) is 4.74 Å². The van der Waals surface area contributed by atoms with Crippen molar-refractivity contribution in [1.29, 1.82) is 0 Å². The van der Waals surface area contributed by atoms with E-state index in [0.29, 0.717) is 44.9 Å². The molecule has 0 spiro atoms. The molecule has 6 nitrogen and oxygen atoms in total. The summed E-state index contributed by atoms with van der Waals surface area (Å²) in [4.78, 5) is 35.1. The van der Waals surface area contributed by atoms with Crippen molar-refractivity contribution in [3.8, 4) is 0 Å². The van der Waals surface area contributed by atoms with E-state index in [1.165, 1.54) is 24.9 Å². The molecule has 24 heavy (non-hydrogen) atoms. The van der Waals surface area contributed by atoms with Crippen molar-refractivity contribution in [2.75, 3.05) is 20.2 Å². The predicted octanol–water partition coefficient (Wildman–Crippen LogP) is 2.56. The number of H-pyrrole nitrogens is 1. The van der Waals surface area contributed by atoms with E-state index in [-0.39, 0.29) is 5.56 Å². The highest BCUT2D eigenvalue weighted by molar-refractivity contribution is 7.20. The number of carbonyl (C=O) groups is 1. The largest absolute Gasteiger partial charge is 0.465 e. The molecule has 1 fully saturated rings. The minimum absolute atomic E-state index is 0.183. The first kappa shape index (κ1) is 17.1. The smallest absolute Gasteiger partial charge is 0.348 e. The molecule has 0 aromatic carbocycles. The second-order valence-electron chi connectivity index (χ2n) is 6.88. The van der Waals surface area contributed by atoms with Gasteiger partial charge in [0.15, 0.2) is 0 Å². The quantitative estimate of drug-likeness (QED) is 0.862. The summed E-state index contributed by atoms with van der Waals surface area (Å²) in [7, 11) is 1.34. The van der Waals surface area contributed by atoms with Crippen LogP contribution in [0.3, 0.4) is 0 Å². The van der Waals surface area contributed by atoms with Gasteiger partial charge >= 0.3 is 5.97 Å². The van der Waals surface area contributed by atoms with Gasteiger partial charge in [0.05, 0.1) is 19.0 Å². The lowest BCUT2D eigenvalue weighted by Gasteiger charge is -2.34. The van der Waals surface area contributed by atoms with E-state index in [1.54, 1.807) is 6.92 Å². The van der Waals surface area contributed by atoms with Crippen molar-refractivity contribution in [1.82, 2.24) is 14.9 Å². The van der Waals surface area contributed by atoms with E-state index < -0.39 is 5.97 Å². The molecule has 0 amide bonds. The first-order chi connectivity index (χ1) is 11.4. The van der Waals surface area contributed by atoms with Gasteiger partial charge < -0.3 is 9.72 Å². The van der Waals surface area contributed by atoms with Crippen molar-refractivity contribution in [2.45, 2.75) is 33.7 Å².